The minimum absolute atomic E-state index is 0.00736. The van der Waals surface area contributed by atoms with E-state index in [1.807, 2.05) is 10.7 Å². The number of rotatable bonds is 1. The predicted octanol–water partition coefficient (Wildman–Crippen LogP) is 2.78. The first-order valence-corrected chi connectivity index (χ1v) is 5.83. The van der Waals surface area contributed by atoms with Gasteiger partial charge >= 0.3 is 0 Å². The van der Waals surface area contributed by atoms with Crippen molar-refractivity contribution in [1.82, 2.24) is 14.8 Å². The first kappa shape index (κ1) is 10.1. The average molecular weight is 238 g/mol. The van der Waals surface area contributed by atoms with Crippen LogP contribution >= 0.6 is 11.6 Å². The number of aromatic nitrogens is 3. The van der Waals surface area contributed by atoms with E-state index in [2.05, 4.69) is 10.1 Å². The summed E-state index contributed by atoms with van der Waals surface area (Å²) in [6, 6.07) is 1.91. The lowest BCUT2D eigenvalue weighted by atomic mass is 10.2. The first-order chi connectivity index (χ1) is 7.86. The summed E-state index contributed by atoms with van der Waals surface area (Å²) in [5, 5.41) is 5.85. The monoisotopic (exact) mass is 237 g/mol. The second-order valence-corrected chi connectivity index (χ2v) is 4.31. The number of fused-ring (bicyclic) bond motifs is 1. The summed E-state index contributed by atoms with van der Waals surface area (Å²) in [5.74, 6) is 0. The highest BCUT2D eigenvalue weighted by Gasteiger charge is 2.19. The molecule has 1 saturated heterocycles. The minimum Gasteiger partial charge on any atom is -0.356 e. The molecule has 0 N–H and O–H groups in total. The lowest BCUT2D eigenvalue weighted by Crippen LogP contribution is -2.19. The molecule has 0 amide bonds. The van der Waals surface area contributed by atoms with Crippen LogP contribution in [-0.4, -0.2) is 21.4 Å². The van der Waals surface area contributed by atoms with E-state index in [0.717, 1.165) is 30.4 Å². The molecule has 16 heavy (non-hydrogen) atoms. The maximum Gasteiger partial charge on any atom is 0.155 e. The zero-order chi connectivity index (χ0) is 11.0. The quantitative estimate of drug-likeness (QED) is 0.716. The summed E-state index contributed by atoms with van der Waals surface area (Å²) in [5.41, 5.74) is 0.871. The van der Waals surface area contributed by atoms with Gasteiger partial charge in [-0.25, -0.2) is 9.67 Å². The van der Waals surface area contributed by atoms with Crippen LogP contribution in [0.5, 0.6) is 0 Å². The maximum absolute atomic E-state index is 6.10. The Morgan fingerprint density at radius 2 is 2.38 bits per heavy atom. The summed E-state index contributed by atoms with van der Waals surface area (Å²) in [4.78, 5) is 4.08. The first-order valence-electron chi connectivity index (χ1n) is 5.45. The predicted molar refractivity (Wildman–Crippen MR) is 61.4 cm³/mol. The Hall–Kier alpha value is -1.13. The van der Waals surface area contributed by atoms with Crippen LogP contribution in [0.1, 0.15) is 25.5 Å². The fourth-order valence-corrected chi connectivity index (χ4v) is 2.34. The molecule has 84 valence electrons. The summed E-state index contributed by atoms with van der Waals surface area (Å²) < 4.78 is 7.55. The normalized spacial score (nSPS) is 21.4. The number of halogens is 1. The molecule has 5 heteroatoms. The molecule has 0 aromatic carbocycles. The second kappa shape index (κ2) is 4.03. The molecule has 0 radical (unpaired) electrons. The number of hydrogen-bond donors (Lipinski definition) is 0. The molecule has 3 heterocycles. The smallest absolute Gasteiger partial charge is 0.155 e. The van der Waals surface area contributed by atoms with Gasteiger partial charge in [0.25, 0.3) is 0 Å². The van der Waals surface area contributed by atoms with E-state index in [9.17, 15) is 0 Å². The van der Waals surface area contributed by atoms with Gasteiger partial charge in [-0.05, 0) is 25.3 Å². The van der Waals surface area contributed by atoms with Crippen molar-refractivity contribution in [2.45, 2.75) is 25.5 Å². The Bertz CT molecular complexity index is 505. The van der Waals surface area contributed by atoms with Gasteiger partial charge < -0.3 is 4.74 Å². The molecule has 3 rings (SSSR count). The van der Waals surface area contributed by atoms with Crippen molar-refractivity contribution < 1.29 is 4.74 Å². The third kappa shape index (κ3) is 1.58. The van der Waals surface area contributed by atoms with Gasteiger partial charge in [-0.15, -0.1) is 0 Å². The number of hydrogen-bond acceptors (Lipinski definition) is 3. The van der Waals surface area contributed by atoms with E-state index in [1.165, 1.54) is 6.42 Å². The van der Waals surface area contributed by atoms with E-state index in [-0.39, 0.29) is 6.23 Å². The lowest BCUT2D eigenvalue weighted by molar-refractivity contribution is -0.0366. The van der Waals surface area contributed by atoms with Crippen molar-refractivity contribution in [3.8, 4) is 0 Å². The molecule has 4 nitrogen and oxygen atoms in total. The molecule has 0 saturated carbocycles. The molecular weight excluding hydrogens is 226 g/mol. The van der Waals surface area contributed by atoms with E-state index >= 15 is 0 Å². The molecule has 1 fully saturated rings. The topological polar surface area (TPSA) is 39.9 Å². The molecule has 0 bridgehead atoms. The van der Waals surface area contributed by atoms with Gasteiger partial charge in [-0.2, -0.15) is 5.10 Å². The van der Waals surface area contributed by atoms with E-state index in [1.54, 1.807) is 12.4 Å². The van der Waals surface area contributed by atoms with Crippen LogP contribution < -0.4 is 0 Å². The van der Waals surface area contributed by atoms with E-state index in [4.69, 9.17) is 16.3 Å². The van der Waals surface area contributed by atoms with Crippen molar-refractivity contribution in [1.29, 1.82) is 0 Å². The average Bonchev–Trinajstić information content (AvgIpc) is 2.75. The van der Waals surface area contributed by atoms with Crippen LogP contribution in [0, 0.1) is 0 Å². The van der Waals surface area contributed by atoms with Gasteiger partial charge in [0, 0.05) is 18.2 Å². The molecule has 0 aliphatic carbocycles. The highest BCUT2D eigenvalue weighted by molar-refractivity contribution is 6.33. The fraction of sp³-hybridized carbons (Fsp3) is 0.455. The molecule has 0 spiro atoms. The van der Waals surface area contributed by atoms with Crippen LogP contribution in [0.2, 0.25) is 5.15 Å². The molecule has 1 unspecified atom stereocenters. The Balaban J connectivity index is 2.09. The van der Waals surface area contributed by atoms with Crippen molar-refractivity contribution in [3.63, 3.8) is 0 Å². The number of ether oxygens (including phenoxy) is 1. The van der Waals surface area contributed by atoms with E-state index in [0.29, 0.717) is 5.15 Å². The molecule has 1 aliphatic heterocycles. The molecule has 2 aromatic rings. The second-order valence-electron chi connectivity index (χ2n) is 3.95. The van der Waals surface area contributed by atoms with E-state index < -0.39 is 0 Å². The van der Waals surface area contributed by atoms with Crippen LogP contribution in [-0.2, 0) is 4.74 Å². The lowest BCUT2D eigenvalue weighted by Gasteiger charge is -2.23. The van der Waals surface area contributed by atoms with Gasteiger partial charge in [-0.3, -0.25) is 0 Å². The molecule has 1 aliphatic rings. The fourth-order valence-electron chi connectivity index (χ4n) is 2.09. The van der Waals surface area contributed by atoms with Gasteiger partial charge in [0.05, 0.1) is 6.20 Å². The van der Waals surface area contributed by atoms with Gasteiger partial charge in [0.2, 0.25) is 0 Å². The van der Waals surface area contributed by atoms with Crippen molar-refractivity contribution >= 4 is 22.5 Å². The highest BCUT2D eigenvalue weighted by Crippen LogP contribution is 2.28. The standard InChI is InChI=1S/C11H12ClN3O/c12-11-10-8(4-5-13-11)7-14-15(10)9-3-1-2-6-16-9/h4-5,7,9H,1-3,6H2. The molecule has 1 atom stereocenters. The zero-order valence-corrected chi connectivity index (χ0v) is 9.52. The van der Waals surface area contributed by atoms with Crippen molar-refractivity contribution in [2.75, 3.05) is 6.61 Å². The highest BCUT2D eigenvalue weighted by atomic mass is 35.5. The third-order valence-electron chi connectivity index (χ3n) is 2.89. The summed E-state index contributed by atoms with van der Waals surface area (Å²) in [6.07, 6.45) is 6.79. The van der Waals surface area contributed by atoms with Crippen LogP contribution in [0.4, 0.5) is 0 Å². The number of pyridine rings is 1. The zero-order valence-electron chi connectivity index (χ0n) is 8.77. The van der Waals surface area contributed by atoms with Gasteiger partial charge in [-0.1, -0.05) is 11.6 Å². The van der Waals surface area contributed by atoms with Crippen molar-refractivity contribution in [3.05, 3.63) is 23.6 Å². The Labute approximate surface area is 98.2 Å². The third-order valence-corrected chi connectivity index (χ3v) is 3.17. The maximum atomic E-state index is 6.10. The molecule has 2 aromatic heterocycles. The van der Waals surface area contributed by atoms with Crippen molar-refractivity contribution in [2.24, 2.45) is 0 Å². The Kier molecular flexibility index (Phi) is 2.53. The van der Waals surface area contributed by atoms with Gasteiger partial charge in [0.15, 0.2) is 11.4 Å². The minimum atomic E-state index is 0.00736. The molecular formula is C11H12ClN3O. The Morgan fingerprint density at radius 3 is 3.19 bits per heavy atom. The summed E-state index contributed by atoms with van der Waals surface area (Å²) in [6.45, 7) is 0.796. The van der Waals surface area contributed by atoms with Crippen LogP contribution in [0.25, 0.3) is 10.9 Å². The number of nitrogens with zero attached hydrogens (tertiary/aromatic N) is 3. The van der Waals surface area contributed by atoms with Crippen LogP contribution in [0.15, 0.2) is 18.5 Å². The summed E-state index contributed by atoms with van der Waals surface area (Å²) in [7, 11) is 0. The largest absolute Gasteiger partial charge is 0.356 e. The summed E-state index contributed by atoms with van der Waals surface area (Å²) >= 11 is 6.10. The SMILES string of the molecule is Clc1nccc2cnn(C3CCCCO3)c12. The Morgan fingerprint density at radius 1 is 1.44 bits per heavy atom. The van der Waals surface area contributed by atoms with Crippen LogP contribution in [0.3, 0.4) is 0 Å². The van der Waals surface area contributed by atoms with Gasteiger partial charge in [0.1, 0.15) is 5.52 Å².